The van der Waals surface area contributed by atoms with Gasteiger partial charge in [-0.1, -0.05) is 0 Å². The molecule has 0 aliphatic heterocycles. The molecule has 0 saturated carbocycles. The van der Waals surface area contributed by atoms with Gasteiger partial charge in [-0.2, -0.15) is 5.10 Å². The van der Waals surface area contributed by atoms with Crippen LogP contribution >= 0.6 is 22.6 Å². The van der Waals surface area contributed by atoms with Crippen LogP contribution in [0.5, 0.6) is 0 Å². The van der Waals surface area contributed by atoms with Crippen molar-refractivity contribution in [1.82, 2.24) is 9.78 Å². The highest BCUT2D eigenvalue weighted by atomic mass is 127. The summed E-state index contributed by atoms with van der Waals surface area (Å²) in [5.74, 6) is 0. The number of aldehydes is 1. The van der Waals surface area contributed by atoms with Crippen LogP contribution in [0.1, 0.15) is 5.69 Å². The second-order valence-corrected chi connectivity index (χ2v) is 3.06. The Bertz CT molecular complexity index is 244. The monoisotopic (exact) mass is 250 g/mol. The smallest absolute Gasteiger partial charge is 0.141 e. The normalized spacial score (nSPS) is 9.80. The van der Waals surface area contributed by atoms with E-state index < -0.39 is 0 Å². The summed E-state index contributed by atoms with van der Waals surface area (Å²) in [4.78, 5) is 10.1. The van der Waals surface area contributed by atoms with Gasteiger partial charge in [0.15, 0.2) is 0 Å². The number of hydrogen-bond donors (Lipinski definition) is 0. The largest absolute Gasteiger partial charge is 0.301 e. The lowest BCUT2D eigenvalue weighted by atomic mass is 10.5. The number of nitrogens with zero attached hydrogens (tertiary/aromatic N) is 2. The fourth-order valence-corrected chi connectivity index (χ4v) is 1.47. The predicted octanol–water partition coefficient (Wildman–Crippen LogP) is 0.995. The predicted molar refractivity (Wildman–Crippen MR) is 45.7 cm³/mol. The topological polar surface area (TPSA) is 34.9 Å². The van der Waals surface area contributed by atoms with Crippen molar-refractivity contribution in [2.75, 3.05) is 0 Å². The van der Waals surface area contributed by atoms with Crippen molar-refractivity contribution in [3.05, 3.63) is 15.5 Å². The van der Waals surface area contributed by atoms with Crippen LogP contribution in [-0.2, 0) is 11.3 Å². The Balaban J connectivity index is 2.91. The van der Waals surface area contributed by atoms with E-state index >= 15 is 0 Å². The maximum absolute atomic E-state index is 10.1. The van der Waals surface area contributed by atoms with Crippen molar-refractivity contribution < 1.29 is 4.79 Å². The fourth-order valence-electron chi connectivity index (χ4n) is 0.713. The third kappa shape index (κ3) is 1.56. The lowest BCUT2D eigenvalue weighted by Crippen LogP contribution is -2.02. The van der Waals surface area contributed by atoms with Crippen molar-refractivity contribution in [3.8, 4) is 0 Å². The summed E-state index contributed by atoms with van der Waals surface area (Å²) < 4.78 is 2.67. The maximum atomic E-state index is 10.1. The van der Waals surface area contributed by atoms with Gasteiger partial charge >= 0.3 is 0 Å². The highest BCUT2D eigenvalue weighted by Gasteiger charge is 1.98. The first-order chi connectivity index (χ1) is 4.74. The molecule has 0 fully saturated rings. The van der Waals surface area contributed by atoms with Crippen LogP contribution in [0.2, 0.25) is 0 Å². The Morgan fingerprint density at radius 1 is 1.90 bits per heavy atom. The Labute approximate surface area is 72.6 Å². The average Bonchev–Trinajstić information content (AvgIpc) is 2.13. The summed E-state index contributed by atoms with van der Waals surface area (Å²) in [6, 6.07) is 1.93. The van der Waals surface area contributed by atoms with Crippen molar-refractivity contribution in [3.63, 3.8) is 0 Å². The molecule has 0 bridgehead atoms. The summed E-state index contributed by atoms with van der Waals surface area (Å²) in [7, 11) is 0. The van der Waals surface area contributed by atoms with E-state index in [0.29, 0.717) is 6.54 Å². The molecule has 1 heterocycles. The molecule has 1 rings (SSSR count). The quantitative estimate of drug-likeness (QED) is 0.579. The van der Waals surface area contributed by atoms with Crippen molar-refractivity contribution >= 4 is 28.9 Å². The minimum atomic E-state index is 0.353. The molecule has 1 aromatic heterocycles. The average molecular weight is 250 g/mol. The van der Waals surface area contributed by atoms with E-state index in [1.54, 1.807) is 4.68 Å². The van der Waals surface area contributed by atoms with E-state index in [0.717, 1.165) is 15.7 Å². The van der Waals surface area contributed by atoms with Gasteiger partial charge in [0.2, 0.25) is 0 Å². The first kappa shape index (κ1) is 7.71. The van der Waals surface area contributed by atoms with Crippen molar-refractivity contribution in [1.29, 1.82) is 0 Å². The molecule has 0 saturated heterocycles. The molecule has 0 spiro atoms. The molecule has 0 amide bonds. The minimum absolute atomic E-state index is 0.353. The molecular weight excluding hydrogens is 243 g/mol. The van der Waals surface area contributed by atoms with Crippen LogP contribution in [0.3, 0.4) is 0 Å². The van der Waals surface area contributed by atoms with Gasteiger partial charge in [-0.25, -0.2) is 0 Å². The van der Waals surface area contributed by atoms with Gasteiger partial charge in [0.05, 0.1) is 15.9 Å². The van der Waals surface area contributed by atoms with Crippen LogP contribution in [-0.4, -0.2) is 16.1 Å². The molecule has 54 valence electrons. The first-order valence-electron chi connectivity index (χ1n) is 2.87. The molecule has 0 N–H and O–H groups in total. The lowest BCUT2D eigenvalue weighted by molar-refractivity contribution is -0.108. The number of carbonyl (C=O) groups excluding carboxylic acids is 1. The summed E-state index contributed by atoms with van der Waals surface area (Å²) >= 11 is 2.15. The van der Waals surface area contributed by atoms with E-state index in [9.17, 15) is 4.79 Å². The minimum Gasteiger partial charge on any atom is -0.301 e. The molecule has 3 nitrogen and oxygen atoms in total. The summed E-state index contributed by atoms with van der Waals surface area (Å²) in [6.07, 6.45) is 0.842. The maximum Gasteiger partial charge on any atom is 0.141 e. The number of halogens is 1. The van der Waals surface area contributed by atoms with Gasteiger partial charge in [0.1, 0.15) is 6.29 Å². The van der Waals surface area contributed by atoms with Gasteiger partial charge < -0.3 is 4.79 Å². The van der Waals surface area contributed by atoms with E-state index in [1.165, 1.54) is 0 Å². The van der Waals surface area contributed by atoms with Crippen molar-refractivity contribution in [2.45, 2.75) is 13.5 Å². The van der Waals surface area contributed by atoms with Gasteiger partial charge in [-0.15, -0.1) is 0 Å². The van der Waals surface area contributed by atoms with Gasteiger partial charge in [0.25, 0.3) is 0 Å². The first-order valence-corrected chi connectivity index (χ1v) is 3.95. The van der Waals surface area contributed by atoms with Crippen LogP contribution in [0, 0.1) is 10.6 Å². The zero-order chi connectivity index (χ0) is 7.56. The molecule has 0 aliphatic rings. The van der Waals surface area contributed by atoms with E-state index in [1.807, 2.05) is 13.0 Å². The highest BCUT2D eigenvalue weighted by Crippen LogP contribution is 2.05. The Morgan fingerprint density at radius 3 is 3.00 bits per heavy atom. The molecule has 1 aromatic rings. The highest BCUT2D eigenvalue weighted by molar-refractivity contribution is 14.1. The van der Waals surface area contributed by atoms with Gasteiger partial charge in [0, 0.05) is 0 Å². The molecule has 4 heteroatoms. The summed E-state index contributed by atoms with van der Waals surface area (Å²) in [5.41, 5.74) is 0.950. The third-order valence-electron chi connectivity index (χ3n) is 1.10. The second-order valence-electron chi connectivity index (χ2n) is 1.96. The molecule has 0 aliphatic carbocycles. The number of hydrogen-bond acceptors (Lipinski definition) is 2. The Hall–Kier alpha value is -0.390. The summed E-state index contributed by atoms with van der Waals surface area (Å²) in [6.45, 7) is 2.26. The Kier molecular flexibility index (Phi) is 2.42. The number of carbonyl (C=O) groups is 1. The molecule has 0 aromatic carbocycles. The van der Waals surface area contributed by atoms with Gasteiger partial charge in [-0.3, -0.25) is 4.68 Å². The molecule has 0 atom stereocenters. The zero-order valence-corrected chi connectivity index (χ0v) is 7.70. The van der Waals surface area contributed by atoms with Crippen LogP contribution in [0.25, 0.3) is 0 Å². The van der Waals surface area contributed by atoms with E-state index in [4.69, 9.17) is 0 Å². The van der Waals surface area contributed by atoms with Crippen LogP contribution in [0.4, 0.5) is 0 Å². The molecule has 10 heavy (non-hydrogen) atoms. The second kappa shape index (κ2) is 3.14. The van der Waals surface area contributed by atoms with E-state index in [2.05, 4.69) is 27.7 Å². The van der Waals surface area contributed by atoms with Crippen LogP contribution < -0.4 is 0 Å². The molecule has 0 unspecified atom stereocenters. The molecule has 0 radical (unpaired) electrons. The van der Waals surface area contributed by atoms with Gasteiger partial charge in [-0.05, 0) is 35.6 Å². The number of rotatable bonds is 2. The van der Waals surface area contributed by atoms with Crippen LogP contribution in [0.15, 0.2) is 6.07 Å². The standard InChI is InChI=1S/C6H7IN2O/c1-5-4-6(7)9(8-5)2-3-10/h3-4H,2H2,1H3. The summed E-state index contributed by atoms with van der Waals surface area (Å²) in [5, 5.41) is 4.08. The molecular formula is C6H7IN2O. The Morgan fingerprint density at radius 2 is 2.60 bits per heavy atom. The van der Waals surface area contributed by atoms with E-state index in [-0.39, 0.29) is 0 Å². The third-order valence-corrected chi connectivity index (χ3v) is 1.97. The zero-order valence-electron chi connectivity index (χ0n) is 5.54. The fraction of sp³-hybridized carbons (Fsp3) is 0.333. The lowest BCUT2D eigenvalue weighted by Gasteiger charge is -1.93. The van der Waals surface area contributed by atoms with Crippen molar-refractivity contribution in [2.24, 2.45) is 0 Å². The number of aromatic nitrogens is 2. The SMILES string of the molecule is Cc1cc(I)n(CC=O)n1. The number of aryl methyl sites for hydroxylation is 1.